The lowest BCUT2D eigenvalue weighted by Gasteiger charge is -2.25. The van der Waals surface area contributed by atoms with Crippen LogP contribution < -0.4 is 5.32 Å². The second kappa shape index (κ2) is 4.63. The lowest BCUT2D eigenvalue weighted by Crippen LogP contribution is -2.15. The maximum Gasteiger partial charge on any atom is 0.0518 e. The van der Waals surface area contributed by atoms with Crippen molar-refractivity contribution in [3.05, 3.63) is 59.1 Å². The van der Waals surface area contributed by atoms with Crippen molar-refractivity contribution < 1.29 is 0 Å². The van der Waals surface area contributed by atoms with Gasteiger partial charge in [0, 0.05) is 22.2 Å². The topological polar surface area (TPSA) is 12.0 Å². The zero-order valence-corrected chi connectivity index (χ0v) is 10.8. The molecule has 2 aromatic rings. The minimum atomic E-state index is 0.434. The monoisotopic (exact) mass is 261 g/mol. The van der Waals surface area contributed by atoms with Crippen molar-refractivity contribution in [1.29, 1.82) is 0 Å². The van der Waals surface area contributed by atoms with Crippen LogP contribution in [0.5, 0.6) is 0 Å². The number of rotatable bonds is 1. The van der Waals surface area contributed by atoms with Crippen molar-refractivity contribution in [2.75, 3.05) is 11.9 Å². The molecule has 86 valence electrons. The summed E-state index contributed by atoms with van der Waals surface area (Å²) in [7, 11) is 0. The zero-order valence-electron chi connectivity index (χ0n) is 9.19. The second-order valence-corrected chi connectivity index (χ2v) is 5.72. The quantitative estimate of drug-likeness (QED) is 0.805. The van der Waals surface area contributed by atoms with Crippen molar-refractivity contribution >= 4 is 29.1 Å². The Bertz CT molecular complexity index is 541. The predicted octanol–water partition coefficient (Wildman–Crippen LogP) is 4.60. The Balaban J connectivity index is 1.89. The summed E-state index contributed by atoms with van der Waals surface area (Å²) in [5.41, 5.74) is 2.51. The van der Waals surface area contributed by atoms with Crippen LogP contribution in [0.1, 0.15) is 10.8 Å². The number of benzene rings is 2. The third kappa shape index (κ3) is 2.28. The first-order valence-corrected chi connectivity index (χ1v) is 6.84. The van der Waals surface area contributed by atoms with Gasteiger partial charge in [-0.05, 0) is 29.8 Å². The minimum Gasteiger partial charge on any atom is -0.383 e. The standard InChI is InChI=1S/C14H12ClNS/c15-11-5-3-4-10(8-11)14-9-16-12-6-1-2-7-13(12)17-14/h1-8,14,16H,9H2. The second-order valence-electron chi connectivity index (χ2n) is 4.04. The molecule has 0 spiro atoms. The maximum atomic E-state index is 6.03. The van der Waals surface area contributed by atoms with E-state index in [9.17, 15) is 0 Å². The smallest absolute Gasteiger partial charge is 0.0518 e. The molecule has 1 heterocycles. The molecule has 0 fully saturated rings. The molecule has 0 saturated heterocycles. The van der Waals surface area contributed by atoms with Crippen molar-refractivity contribution in [1.82, 2.24) is 0 Å². The Labute approximate surface area is 110 Å². The normalized spacial score (nSPS) is 18.3. The van der Waals surface area contributed by atoms with E-state index in [1.54, 1.807) is 0 Å². The van der Waals surface area contributed by atoms with Crippen LogP contribution in [0.3, 0.4) is 0 Å². The van der Waals surface area contributed by atoms with E-state index in [0.29, 0.717) is 5.25 Å². The van der Waals surface area contributed by atoms with Crippen LogP contribution in [0.4, 0.5) is 5.69 Å². The highest BCUT2D eigenvalue weighted by atomic mass is 35.5. The molecule has 17 heavy (non-hydrogen) atoms. The predicted molar refractivity (Wildman–Crippen MR) is 75.0 cm³/mol. The lowest BCUT2D eigenvalue weighted by molar-refractivity contribution is 0.964. The largest absolute Gasteiger partial charge is 0.383 e. The number of anilines is 1. The van der Waals surface area contributed by atoms with Gasteiger partial charge in [0.1, 0.15) is 0 Å². The van der Waals surface area contributed by atoms with Gasteiger partial charge in [0.05, 0.1) is 5.25 Å². The van der Waals surface area contributed by atoms with Crippen molar-refractivity contribution in [3.8, 4) is 0 Å². The van der Waals surface area contributed by atoms with E-state index in [1.807, 2.05) is 23.9 Å². The Hall–Kier alpha value is -1.12. The van der Waals surface area contributed by atoms with Crippen LogP contribution in [0.25, 0.3) is 0 Å². The summed E-state index contributed by atoms with van der Waals surface area (Å²) in [5, 5.41) is 4.71. The number of thioether (sulfide) groups is 1. The molecular weight excluding hydrogens is 250 g/mol. The van der Waals surface area contributed by atoms with Gasteiger partial charge in [-0.2, -0.15) is 0 Å². The molecule has 1 aliphatic rings. The first-order valence-electron chi connectivity index (χ1n) is 5.58. The van der Waals surface area contributed by atoms with Gasteiger partial charge < -0.3 is 5.32 Å². The van der Waals surface area contributed by atoms with Crippen LogP contribution >= 0.6 is 23.4 Å². The molecule has 3 rings (SSSR count). The summed E-state index contributed by atoms with van der Waals surface area (Å²) in [6.45, 7) is 0.946. The molecule has 0 amide bonds. The Morgan fingerprint density at radius 3 is 2.88 bits per heavy atom. The van der Waals surface area contributed by atoms with E-state index in [0.717, 1.165) is 11.6 Å². The number of para-hydroxylation sites is 1. The molecule has 0 aliphatic carbocycles. The van der Waals surface area contributed by atoms with Gasteiger partial charge in [-0.15, -0.1) is 11.8 Å². The van der Waals surface area contributed by atoms with E-state index >= 15 is 0 Å². The van der Waals surface area contributed by atoms with E-state index in [-0.39, 0.29) is 0 Å². The highest BCUT2D eigenvalue weighted by Crippen LogP contribution is 2.42. The molecule has 3 heteroatoms. The van der Waals surface area contributed by atoms with Gasteiger partial charge in [-0.3, -0.25) is 0 Å². The summed E-state index contributed by atoms with van der Waals surface area (Å²) in [4.78, 5) is 1.31. The molecule has 0 aromatic heterocycles. The fourth-order valence-electron chi connectivity index (χ4n) is 2.01. The van der Waals surface area contributed by atoms with Gasteiger partial charge >= 0.3 is 0 Å². The Morgan fingerprint density at radius 1 is 1.12 bits per heavy atom. The van der Waals surface area contributed by atoms with Gasteiger partial charge in [-0.1, -0.05) is 35.9 Å². The highest BCUT2D eigenvalue weighted by molar-refractivity contribution is 7.99. The van der Waals surface area contributed by atoms with Gasteiger partial charge in [0.25, 0.3) is 0 Å². The summed E-state index contributed by atoms with van der Waals surface area (Å²) < 4.78 is 0. The molecule has 0 radical (unpaired) electrons. The van der Waals surface area contributed by atoms with E-state index in [4.69, 9.17) is 11.6 Å². The lowest BCUT2D eigenvalue weighted by atomic mass is 10.1. The van der Waals surface area contributed by atoms with Gasteiger partial charge in [-0.25, -0.2) is 0 Å². The number of halogens is 1. The van der Waals surface area contributed by atoms with E-state index in [2.05, 4.69) is 41.7 Å². The van der Waals surface area contributed by atoms with Crippen LogP contribution in [-0.4, -0.2) is 6.54 Å². The summed E-state index contributed by atoms with van der Waals surface area (Å²) >= 11 is 7.93. The zero-order chi connectivity index (χ0) is 11.7. The van der Waals surface area contributed by atoms with Gasteiger partial charge in [0.15, 0.2) is 0 Å². The van der Waals surface area contributed by atoms with E-state index in [1.165, 1.54) is 16.1 Å². The van der Waals surface area contributed by atoms with Crippen molar-refractivity contribution in [2.45, 2.75) is 10.1 Å². The SMILES string of the molecule is Clc1cccc(C2CNc3ccccc3S2)c1. The highest BCUT2D eigenvalue weighted by Gasteiger charge is 2.19. The fraction of sp³-hybridized carbons (Fsp3) is 0.143. The van der Waals surface area contributed by atoms with Gasteiger partial charge in [0.2, 0.25) is 0 Å². The third-order valence-electron chi connectivity index (χ3n) is 2.85. The Morgan fingerprint density at radius 2 is 2.00 bits per heavy atom. The molecule has 1 atom stereocenters. The van der Waals surface area contributed by atoms with E-state index < -0.39 is 0 Å². The molecule has 1 aliphatic heterocycles. The van der Waals surface area contributed by atoms with Crippen molar-refractivity contribution in [3.63, 3.8) is 0 Å². The van der Waals surface area contributed by atoms with Crippen LogP contribution in [0, 0.1) is 0 Å². The molecule has 1 unspecified atom stereocenters. The van der Waals surface area contributed by atoms with Crippen LogP contribution in [-0.2, 0) is 0 Å². The number of hydrogen-bond donors (Lipinski definition) is 1. The molecule has 0 bridgehead atoms. The first-order chi connectivity index (χ1) is 8.33. The van der Waals surface area contributed by atoms with Crippen LogP contribution in [0.2, 0.25) is 5.02 Å². The maximum absolute atomic E-state index is 6.03. The average molecular weight is 262 g/mol. The molecule has 2 aromatic carbocycles. The summed E-state index contributed by atoms with van der Waals surface area (Å²) in [5.74, 6) is 0. The first kappa shape index (κ1) is 11.0. The van der Waals surface area contributed by atoms with Crippen molar-refractivity contribution in [2.24, 2.45) is 0 Å². The molecule has 0 saturated carbocycles. The average Bonchev–Trinajstić information content (AvgIpc) is 2.38. The molecule has 1 nitrogen and oxygen atoms in total. The van der Waals surface area contributed by atoms with Crippen LogP contribution in [0.15, 0.2) is 53.4 Å². The summed E-state index contributed by atoms with van der Waals surface area (Å²) in [6, 6.07) is 16.5. The molecular formula is C14H12ClNS. The fourth-order valence-corrected chi connectivity index (χ4v) is 3.38. The number of fused-ring (bicyclic) bond motifs is 1. The number of nitrogens with one attached hydrogen (secondary N) is 1. The summed E-state index contributed by atoms with van der Waals surface area (Å²) in [6.07, 6.45) is 0. The third-order valence-corrected chi connectivity index (χ3v) is 4.42. The minimum absolute atomic E-state index is 0.434. The Kier molecular flexibility index (Phi) is 3.00. The molecule has 1 N–H and O–H groups in total. The number of hydrogen-bond acceptors (Lipinski definition) is 2.